The summed E-state index contributed by atoms with van der Waals surface area (Å²) in [5.41, 5.74) is 0. The van der Waals surface area contributed by atoms with Gasteiger partial charge in [-0.25, -0.2) is 0 Å². The number of rotatable bonds is 8. The Kier molecular flexibility index (Phi) is 7.87. The van der Waals surface area contributed by atoms with E-state index in [0.29, 0.717) is 12.1 Å². The van der Waals surface area contributed by atoms with Crippen molar-refractivity contribution >= 4 is 0 Å². The number of hydrogen-bond donors (Lipinski definition) is 1. The maximum atomic E-state index is 5.82. The summed E-state index contributed by atoms with van der Waals surface area (Å²) in [6.07, 6.45) is 9.60. The highest BCUT2D eigenvalue weighted by molar-refractivity contribution is 4.75. The van der Waals surface area contributed by atoms with Crippen LogP contribution in [0.1, 0.15) is 65.7 Å². The highest BCUT2D eigenvalue weighted by Crippen LogP contribution is 2.21. The molecule has 0 aromatic heterocycles. The molecular weight excluding hydrogens is 210 g/mol. The first-order chi connectivity index (χ1) is 8.27. The third-order valence-electron chi connectivity index (χ3n) is 3.97. The molecule has 1 aliphatic heterocycles. The van der Waals surface area contributed by atoms with Crippen LogP contribution in [-0.2, 0) is 4.74 Å². The van der Waals surface area contributed by atoms with E-state index >= 15 is 0 Å². The fourth-order valence-corrected chi connectivity index (χ4v) is 2.91. The Morgan fingerprint density at radius 2 is 2.06 bits per heavy atom. The first-order valence-electron chi connectivity index (χ1n) is 7.62. The van der Waals surface area contributed by atoms with Crippen LogP contribution in [0.15, 0.2) is 0 Å². The Morgan fingerprint density at radius 1 is 1.24 bits per heavy atom. The van der Waals surface area contributed by atoms with E-state index in [1.807, 2.05) is 0 Å². The third kappa shape index (κ3) is 5.87. The summed E-state index contributed by atoms with van der Waals surface area (Å²) < 4.78 is 5.82. The fraction of sp³-hybridized carbons (Fsp3) is 1.00. The summed E-state index contributed by atoms with van der Waals surface area (Å²) in [5.74, 6) is 0.795. The van der Waals surface area contributed by atoms with Crippen LogP contribution in [0, 0.1) is 5.92 Å². The van der Waals surface area contributed by atoms with Gasteiger partial charge in [-0.15, -0.1) is 0 Å². The Hall–Kier alpha value is -0.0800. The quantitative estimate of drug-likeness (QED) is 0.699. The minimum Gasteiger partial charge on any atom is -0.378 e. The lowest BCUT2D eigenvalue weighted by atomic mass is 9.91. The molecule has 0 saturated carbocycles. The van der Waals surface area contributed by atoms with Gasteiger partial charge in [0.2, 0.25) is 0 Å². The van der Waals surface area contributed by atoms with E-state index in [-0.39, 0.29) is 0 Å². The van der Waals surface area contributed by atoms with Crippen molar-refractivity contribution in [1.29, 1.82) is 0 Å². The Morgan fingerprint density at radius 3 is 2.65 bits per heavy atom. The second-order valence-electron chi connectivity index (χ2n) is 5.50. The predicted molar refractivity (Wildman–Crippen MR) is 74.4 cm³/mol. The minimum absolute atomic E-state index is 0.540. The van der Waals surface area contributed by atoms with Crippen molar-refractivity contribution in [3.8, 4) is 0 Å². The standard InChI is InChI=1S/C15H31NO/c1-4-8-13(3)15(16-5-2)11-10-14-9-6-7-12-17-14/h13-16H,4-12H2,1-3H3. The molecular formula is C15H31NO. The van der Waals surface area contributed by atoms with Gasteiger partial charge in [-0.2, -0.15) is 0 Å². The van der Waals surface area contributed by atoms with Crippen molar-refractivity contribution in [3.63, 3.8) is 0 Å². The van der Waals surface area contributed by atoms with Crippen LogP contribution in [0.25, 0.3) is 0 Å². The topological polar surface area (TPSA) is 21.3 Å². The summed E-state index contributed by atoms with van der Waals surface area (Å²) in [6.45, 7) is 8.95. The molecule has 2 nitrogen and oxygen atoms in total. The smallest absolute Gasteiger partial charge is 0.0575 e. The lowest BCUT2D eigenvalue weighted by Gasteiger charge is -2.28. The van der Waals surface area contributed by atoms with E-state index < -0.39 is 0 Å². The Bertz CT molecular complexity index is 178. The molecule has 0 radical (unpaired) electrons. The highest BCUT2D eigenvalue weighted by Gasteiger charge is 2.19. The Labute approximate surface area is 108 Å². The number of nitrogens with one attached hydrogen (secondary N) is 1. The molecule has 17 heavy (non-hydrogen) atoms. The van der Waals surface area contributed by atoms with Gasteiger partial charge in [0, 0.05) is 12.6 Å². The lowest BCUT2D eigenvalue weighted by Crippen LogP contribution is -2.36. The molecule has 102 valence electrons. The highest BCUT2D eigenvalue weighted by atomic mass is 16.5. The van der Waals surface area contributed by atoms with Crippen molar-refractivity contribution in [1.82, 2.24) is 5.32 Å². The van der Waals surface area contributed by atoms with Crippen LogP contribution in [0.5, 0.6) is 0 Å². The molecule has 1 aliphatic rings. The van der Waals surface area contributed by atoms with Crippen LogP contribution in [0.2, 0.25) is 0 Å². The lowest BCUT2D eigenvalue weighted by molar-refractivity contribution is 0.00758. The zero-order valence-electron chi connectivity index (χ0n) is 12.0. The van der Waals surface area contributed by atoms with Crippen molar-refractivity contribution in [2.24, 2.45) is 5.92 Å². The van der Waals surface area contributed by atoms with Gasteiger partial charge < -0.3 is 10.1 Å². The minimum atomic E-state index is 0.540. The van der Waals surface area contributed by atoms with Gasteiger partial charge in [0.25, 0.3) is 0 Å². The number of ether oxygens (including phenoxy) is 1. The molecule has 0 bridgehead atoms. The van der Waals surface area contributed by atoms with E-state index in [9.17, 15) is 0 Å². The number of hydrogen-bond acceptors (Lipinski definition) is 2. The van der Waals surface area contributed by atoms with E-state index in [1.165, 1.54) is 44.9 Å². The van der Waals surface area contributed by atoms with Crippen LogP contribution in [-0.4, -0.2) is 25.3 Å². The van der Waals surface area contributed by atoms with E-state index in [0.717, 1.165) is 19.1 Å². The predicted octanol–water partition coefficient (Wildman–Crippen LogP) is 3.75. The fourth-order valence-electron chi connectivity index (χ4n) is 2.91. The normalized spacial score (nSPS) is 24.5. The summed E-state index contributed by atoms with van der Waals surface area (Å²) in [4.78, 5) is 0. The van der Waals surface area contributed by atoms with E-state index in [1.54, 1.807) is 0 Å². The molecule has 0 aromatic rings. The van der Waals surface area contributed by atoms with E-state index in [4.69, 9.17) is 4.74 Å². The maximum Gasteiger partial charge on any atom is 0.0575 e. The third-order valence-corrected chi connectivity index (χ3v) is 3.97. The second-order valence-corrected chi connectivity index (χ2v) is 5.50. The van der Waals surface area contributed by atoms with Gasteiger partial charge in [-0.1, -0.05) is 27.2 Å². The molecule has 0 spiro atoms. The summed E-state index contributed by atoms with van der Waals surface area (Å²) in [6, 6.07) is 0.686. The van der Waals surface area contributed by atoms with Gasteiger partial charge in [-0.3, -0.25) is 0 Å². The monoisotopic (exact) mass is 241 g/mol. The van der Waals surface area contributed by atoms with Crippen LogP contribution in [0.3, 0.4) is 0 Å². The molecule has 2 heteroatoms. The average molecular weight is 241 g/mol. The molecule has 1 N–H and O–H groups in total. The molecule has 1 fully saturated rings. The van der Waals surface area contributed by atoms with Gasteiger partial charge in [0.05, 0.1) is 6.10 Å². The van der Waals surface area contributed by atoms with Crippen molar-refractivity contribution in [2.75, 3.05) is 13.2 Å². The van der Waals surface area contributed by atoms with Gasteiger partial charge >= 0.3 is 0 Å². The van der Waals surface area contributed by atoms with Gasteiger partial charge in [0.15, 0.2) is 0 Å². The SMILES string of the molecule is CCCC(C)C(CCC1CCCCO1)NCC. The largest absolute Gasteiger partial charge is 0.378 e. The molecule has 0 aromatic carbocycles. The molecule has 1 saturated heterocycles. The molecule has 1 heterocycles. The van der Waals surface area contributed by atoms with Crippen LogP contribution >= 0.6 is 0 Å². The Balaban J connectivity index is 2.26. The second kappa shape index (κ2) is 8.93. The van der Waals surface area contributed by atoms with Crippen LogP contribution in [0.4, 0.5) is 0 Å². The molecule has 0 aliphatic carbocycles. The summed E-state index contributed by atoms with van der Waals surface area (Å²) in [7, 11) is 0. The van der Waals surface area contributed by atoms with Crippen molar-refractivity contribution < 1.29 is 4.74 Å². The summed E-state index contributed by atoms with van der Waals surface area (Å²) >= 11 is 0. The van der Waals surface area contributed by atoms with E-state index in [2.05, 4.69) is 26.1 Å². The molecule has 3 atom stereocenters. The maximum absolute atomic E-state index is 5.82. The molecule has 0 amide bonds. The van der Waals surface area contributed by atoms with Gasteiger partial charge in [-0.05, 0) is 51.0 Å². The van der Waals surface area contributed by atoms with Crippen molar-refractivity contribution in [2.45, 2.75) is 77.9 Å². The van der Waals surface area contributed by atoms with Crippen molar-refractivity contribution in [3.05, 3.63) is 0 Å². The molecule has 1 rings (SSSR count). The first-order valence-corrected chi connectivity index (χ1v) is 7.62. The van der Waals surface area contributed by atoms with Gasteiger partial charge in [0.1, 0.15) is 0 Å². The molecule has 3 unspecified atom stereocenters. The zero-order valence-corrected chi connectivity index (χ0v) is 12.0. The average Bonchev–Trinajstić information content (AvgIpc) is 2.36. The summed E-state index contributed by atoms with van der Waals surface area (Å²) in [5, 5.41) is 3.65. The first kappa shape index (κ1) is 15.0. The zero-order chi connectivity index (χ0) is 12.5. The van der Waals surface area contributed by atoms with Crippen LogP contribution < -0.4 is 5.32 Å².